The first-order valence-corrected chi connectivity index (χ1v) is 9.41. The first-order chi connectivity index (χ1) is 13.5. The van der Waals surface area contributed by atoms with Crippen LogP contribution in [0.5, 0.6) is 0 Å². The third kappa shape index (κ3) is 3.65. The van der Waals surface area contributed by atoms with E-state index >= 15 is 0 Å². The van der Waals surface area contributed by atoms with Gasteiger partial charge in [0.25, 0.3) is 0 Å². The van der Waals surface area contributed by atoms with Gasteiger partial charge in [-0.15, -0.1) is 0 Å². The quantitative estimate of drug-likeness (QED) is 0.761. The van der Waals surface area contributed by atoms with E-state index in [1.807, 2.05) is 18.2 Å². The number of carboxylic acid groups (broad SMARTS) is 1. The van der Waals surface area contributed by atoms with Crippen molar-refractivity contribution in [1.29, 1.82) is 0 Å². The summed E-state index contributed by atoms with van der Waals surface area (Å²) in [5.74, 6) is -0.310. The van der Waals surface area contributed by atoms with Crippen molar-refractivity contribution in [2.75, 3.05) is 6.54 Å². The minimum atomic E-state index is -1.04. The maximum absolute atomic E-state index is 13.4. The third-order valence-corrected chi connectivity index (χ3v) is 5.52. The predicted molar refractivity (Wildman–Crippen MR) is 102 cm³/mol. The van der Waals surface area contributed by atoms with Gasteiger partial charge in [0.15, 0.2) is 0 Å². The molecule has 2 aromatic rings. The molecule has 2 aromatic carbocycles. The van der Waals surface area contributed by atoms with Gasteiger partial charge >= 0.3 is 12.1 Å². The monoisotopic (exact) mass is 383 g/mol. The van der Waals surface area contributed by atoms with Gasteiger partial charge < -0.3 is 20.6 Å². The van der Waals surface area contributed by atoms with Gasteiger partial charge in [-0.1, -0.05) is 36.4 Å². The second kappa shape index (κ2) is 7.50. The molecule has 1 aliphatic heterocycles. The number of urea groups is 1. The Kier molecular flexibility index (Phi) is 4.90. The Morgan fingerprint density at radius 2 is 1.68 bits per heavy atom. The summed E-state index contributed by atoms with van der Waals surface area (Å²) < 4.78 is 13.4. The number of benzene rings is 2. The zero-order chi connectivity index (χ0) is 19.7. The Morgan fingerprint density at radius 1 is 1.00 bits per heavy atom. The molecule has 1 fully saturated rings. The van der Waals surface area contributed by atoms with Crippen molar-refractivity contribution in [1.82, 2.24) is 15.5 Å². The van der Waals surface area contributed by atoms with Crippen LogP contribution >= 0.6 is 0 Å². The van der Waals surface area contributed by atoms with Crippen LogP contribution in [0.1, 0.15) is 35.6 Å². The SMILES string of the molecule is O=C(O)NC1CC(NC(=O)N2CCc3ccccc3[C@@H]2c2ccc(F)cc2)C1. The number of amides is 3. The van der Waals surface area contributed by atoms with Crippen LogP contribution in [0.4, 0.5) is 14.0 Å². The van der Waals surface area contributed by atoms with E-state index in [1.54, 1.807) is 17.0 Å². The van der Waals surface area contributed by atoms with E-state index in [-0.39, 0.29) is 30.0 Å². The molecule has 1 heterocycles. The second-order valence-corrected chi connectivity index (χ2v) is 7.36. The topological polar surface area (TPSA) is 81.7 Å². The molecule has 0 bridgehead atoms. The zero-order valence-electron chi connectivity index (χ0n) is 15.3. The number of nitrogens with one attached hydrogen (secondary N) is 2. The van der Waals surface area contributed by atoms with E-state index in [2.05, 4.69) is 16.7 Å². The van der Waals surface area contributed by atoms with Crippen LogP contribution in [0.2, 0.25) is 0 Å². The number of fused-ring (bicyclic) bond motifs is 1. The molecule has 2 aliphatic rings. The van der Waals surface area contributed by atoms with E-state index in [4.69, 9.17) is 5.11 Å². The normalized spacial score (nSPS) is 23.3. The van der Waals surface area contributed by atoms with Crippen LogP contribution in [-0.2, 0) is 6.42 Å². The van der Waals surface area contributed by atoms with Crippen LogP contribution in [-0.4, -0.2) is 40.8 Å². The number of carbonyl (C=O) groups is 2. The maximum Gasteiger partial charge on any atom is 0.404 e. The molecule has 4 rings (SSSR count). The molecule has 1 saturated carbocycles. The van der Waals surface area contributed by atoms with E-state index in [0.29, 0.717) is 19.4 Å². The zero-order valence-corrected chi connectivity index (χ0v) is 15.3. The number of rotatable bonds is 3. The van der Waals surface area contributed by atoms with E-state index in [0.717, 1.165) is 17.5 Å². The molecule has 28 heavy (non-hydrogen) atoms. The summed E-state index contributed by atoms with van der Waals surface area (Å²) in [5, 5.41) is 14.2. The lowest BCUT2D eigenvalue weighted by Gasteiger charge is -2.41. The van der Waals surface area contributed by atoms with Crippen molar-refractivity contribution in [2.24, 2.45) is 0 Å². The lowest BCUT2D eigenvalue weighted by atomic mass is 9.86. The molecule has 1 aliphatic carbocycles. The molecule has 1 atom stereocenters. The fourth-order valence-electron chi connectivity index (χ4n) is 4.08. The highest BCUT2D eigenvalue weighted by Gasteiger charge is 2.36. The van der Waals surface area contributed by atoms with Crippen LogP contribution in [0.25, 0.3) is 0 Å². The number of hydrogen-bond acceptors (Lipinski definition) is 2. The van der Waals surface area contributed by atoms with Crippen molar-refractivity contribution in [3.63, 3.8) is 0 Å². The molecule has 0 aromatic heterocycles. The summed E-state index contributed by atoms with van der Waals surface area (Å²) in [5.41, 5.74) is 3.10. The standard InChI is InChI=1S/C21H22FN3O3/c22-15-7-5-14(6-8-15)19-18-4-2-1-3-13(18)9-10-25(19)20(26)23-16-11-17(12-16)24-21(27)28/h1-8,16-17,19,24H,9-12H2,(H,23,26)(H,27,28)/t16?,17?,19-/m0/s1. The molecule has 146 valence electrons. The van der Waals surface area contributed by atoms with Crippen molar-refractivity contribution < 1.29 is 19.1 Å². The predicted octanol–water partition coefficient (Wildman–Crippen LogP) is 3.28. The Bertz CT molecular complexity index is 881. The van der Waals surface area contributed by atoms with E-state index in [1.165, 1.54) is 17.7 Å². The van der Waals surface area contributed by atoms with Gasteiger partial charge in [-0.2, -0.15) is 0 Å². The number of carbonyl (C=O) groups excluding carboxylic acids is 1. The Balaban J connectivity index is 1.53. The van der Waals surface area contributed by atoms with Gasteiger partial charge in [-0.05, 0) is 48.1 Å². The summed E-state index contributed by atoms with van der Waals surface area (Å²) in [6.07, 6.45) is 0.890. The number of nitrogens with zero attached hydrogens (tertiary/aromatic N) is 1. The highest BCUT2D eigenvalue weighted by Crippen LogP contribution is 2.35. The summed E-state index contributed by atoms with van der Waals surface area (Å²) in [6, 6.07) is 13.7. The van der Waals surface area contributed by atoms with E-state index in [9.17, 15) is 14.0 Å². The van der Waals surface area contributed by atoms with Crippen LogP contribution in [0.15, 0.2) is 48.5 Å². The van der Waals surface area contributed by atoms with Gasteiger partial charge in [0, 0.05) is 18.6 Å². The molecule has 6 nitrogen and oxygen atoms in total. The first-order valence-electron chi connectivity index (χ1n) is 9.41. The van der Waals surface area contributed by atoms with Crippen LogP contribution in [0, 0.1) is 5.82 Å². The number of halogens is 1. The summed E-state index contributed by atoms with van der Waals surface area (Å²) >= 11 is 0. The van der Waals surface area contributed by atoms with Gasteiger partial charge in [0.2, 0.25) is 0 Å². The third-order valence-electron chi connectivity index (χ3n) is 5.52. The molecule has 3 N–H and O–H groups in total. The fourth-order valence-corrected chi connectivity index (χ4v) is 4.08. The largest absolute Gasteiger partial charge is 0.465 e. The maximum atomic E-state index is 13.4. The number of hydrogen-bond donors (Lipinski definition) is 3. The Morgan fingerprint density at radius 3 is 2.39 bits per heavy atom. The molecular formula is C21H22FN3O3. The fraction of sp³-hybridized carbons (Fsp3) is 0.333. The van der Waals surface area contributed by atoms with Gasteiger partial charge in [0.05, 0.1) is 6.04 Å². The van der Waals surface area contributed by atoms with Crippen LogP contribution in [0.3, 0.4) is 0 Å². The highest BCUT2D eigenvalue weighted by atomic mass is 19.1. The van der Waals surface area contributed by atoms with Gasteiger partial charge in [0.1, 0.15) is 5.82 Å². The van der Waals surface area contributed by atoms with Crippen molar-refractivity contribution in [3.8, 4) is 0 Å². The molecular weight excluding hydrogens is 361 g/mol. The molecule has 0 radical (unpaired) electrons. The second-order valence-electron chi connectivity index (χ2n) is 7.36. The molecule has 0 unspecified atom stereocenters. The summed E-state index contributed by atoms with van der Waals surface area (Å²) in [6.45, 7) is 0.564. The molecule has 3 amide bonds. The van der Waals surface area contributed by atoms with Gasteiger partial charge in [-0.25, -0.2) is 14.0 Å². The minimum absolute atomic E-state index is 0.0459. The van der Waals surface area contributed by atoms with Gasteiger partial charge in [-0.3, -0.25) is 0 Å². The Hall–Kier alpha value is -3.09. The smallest absolute Gasteiger partial charge is 0.404 e. The minimum Gasteiger partial charge on any atom is -0.465 e. The average molecular weight is 383 g/mol. The van der Waals surface area contributed by atoms with Crippen LogP contribution < -0.4 is 10.6 Å². The average Bonchev–Trinajstić information content (AvgIpc) is 2.65. The summed E-state index contributed by atoms with van der Waals surface area (Å²) in [7, 11) is 0. The van der Waals surface area contributed by atoms with Crippen molar-refractivity contribution >= 4 is 12.1 Å². The molecule has 0 saturated heterocycles. The van der Waals surface area contributed by atoms with Crippen molar-refractivity contribution in [3.05, 3.63) is 71.0 Å². The molecule has 0 spiro atoms. The first kappa shape index (κ1) is 18.3. The highest BCUT2D eigenvalue weighted by molar-refractivity contribution is 5.76. The molecule has 7 heteroatoms. The Labute approximate surface area is 162 Å². The van der Waals surface area contributed by atoms with Crippen molar-refractivity contribution in [2.45, 2.75) is 37.4 Å². The van der Waals surface area contributed by atoms with E-state index < -0.39 is 6.09 Å². The lowest BCUT2D eigenvalue weighted by molar-refractivity contribution is 0.156. The lowest BCUT2D eigenvalue weighted by Crippen LogP contribution is -2.57. The summed E-state index contributed by atoms with van der Waals surface area (Å²) in [4.78, 5) is 25.5.